The molecule has 1 N–H and O–H groups in total. The Morgan fingerprint density at radius 1 is 0.885 bits per heavy atom. The van der Waals surface area contributed by atoms with Crippen molar-refractivity contribution in [1.82, 2.24) is 0 Å². The maximum atomic E-state index is 9.65. The maximum absolute atomic E-state index is 9.65. The number of unbranched alkanes of at least 4 members (excludes halogenated alkanes) is 9. The molecule has 2 aliphatic rings. The number of phenolic OH excluding ortho intramolecular Hbond substituents is 1. The van der Waals surface area contributed by atoms with Crippen LogP contribution in [0.25, 0.3) is 0 Å². The van der Waals surface area contributed by atoms with E-state index < -0.39 is 0 Å². The van der Waals surface area contributed by atoms with Gasteiger partial charge in [-0.15, -0.1) is 0 Å². The molecule has 2 saturated heterocycles. The molecule has 0 amide bonds. The molecule has 0 aliphatic carbocycles. The van der Waals surface area contributed by atoms with Gasteiger partial charge < -0.3 is 14.6 Å². The summed E-state index contributed by atoms with van der Waals surface area (Å²) in [6.07, 6.45) is 15.2. The number of phenols is 1. The first-order valence-electron chi connectivity index (χ1n) is 10.7. The Morgan fingerprint density at radius 3 is 1.77 bits per heavy atom. The molecule has 2 aliphatic heterocycles. The van der Waals surface area contributed by atoms with Gasteiger partial charge in [-0.05, 0) is 31.4 Å². The minimum Gasteiger partial charge on any atom is -0.508 e. The van der Waals surface area contributed by atoms with Crippen LogP contribution in [-0.2, 0) is 15.9 Å². The van der Waals surface area contributed by atoms with E-state index in [2.05, 4.69) is 18.6 Å². The van der Waals surface area contributed by atoms with Crippen molar-refractivity contribution in [2.45, 2.75) is 90.6 Å². The van der Waals surface area contributed by atoms with Crippen LogP contribution in [-0.4, -0.2) is 31.0 Å². The molecule has 1 aromatic rings. The van der Waals surface area contributed by atoms with Crippen LogP contribution in [0.3, 0.4) is 0 Å². The number of benzene rings is 1. The third-order valence-electron chi connectivity index (χ3n) is 4.50. The van der Waals surface area contributed by atoms with Gasteiger partial charge >= 0.3 is 0 Å². The van der Waals surface area contributed by atoms with Crippen LogP contribution in [0, 0.1) is 0 Å². The largest absolute Gasteiger partial charge is 0.508 e. The lowest BCUT2D eigenvalue weighted by molar-refractivity contribution is 0.423. The third kappa shape index (κ3) is 16.4. The molecule has 26 heavy (non-hydrogen) atoms. The SMILES string of the molecule is C1CO1.CC1CO1.CCCCCCCCCCCCc1ccccc1O. The highest BCUT2D eigenvalue weighted by molar-refractivity contribution is 5.31. The Morgan fingerprint density at radius 2 is 1.35 bits per heavy atom. The van der Waals surface area contributed by atoms with Gasteiger partial charge in [0.05, 0.1) is 25.9 Å². The summed E-state index contributed by atoms with van der Waals surface area (Å²) < 4.78 is 9.21. The molecule has 3 heteroatoms. The Kier molecular flexibility index (Phi) is 14.3. The van der Waals surface area contributed by atoms with Crippen LogP contribution in [0.2, 0.25) is 0 Å². The molecule has 3 rings (SSSR count). The molecule has 0 saturated carbocycles. The number of hydrogen-bond donors (Lipinski definition) is 1. The summed E-state index contributed by atoms with van der Waals surface area (Å²) >= 11 is 0. The van der Waals surface area contributed by atoms with Crippen molar-refractivity contribution < 1.29 is 14.6 Å². The van der Waals surface area contributed by atoms with Crippen molar-refractivity contribution in [2.24, 2.45) is 0 Å². The van der Waals surface area contributed by atoms with Crippen LogP contribution in [0.15, 0.2) is 24.3 Å². The lowest BCUT2D eigenvalue weighted by Gasteiger charge is -2.04. The van der Waals surface area contributed by atoms with Crippen LogP contribution in [0.1, 0.15) is 83.6 Å². The molecule has 1 aromatic carbocycles. The summed E-state index contributed by atoms with van der Waals surface area (Å²) in [6, 6.07) is 7.71. The molecule has 3 nitrogen and oxygen atoms in total. The van der Waals surface area contributed by atoms with Crippen molar-refractivity contribution in [3.8, 4) is 5.75 Å². The molecule has 1 atom stereocenters. The van der Waals surface area contributed by atoms with Crippen molar-refractivity contribution in [3.63, 3.8) is 0 Å². The van der Waals surface area contributed by atoms with Crippen molar-refractivity contribution in [3.05, 3.63) is 29.8 Å². The zero-order valence-corrected chi connectivity index (χ0v) is 17.0. The van der Waals surface area contributed by atoms with Crippen molar-refractivity contribution in [2.75, 3.05) is 19.8 Å². The first kappa shape index (κ1) is 23.0. The molecular weight excluding hydrogens is 324 g/mol. The number of para-hydroxylation sites is 1. The van der Waals surface area contributed by atoms with Crippen LogP contribution < -0.4 is 0 Å². The summed E-state index contributed by atoms with van der Waals surface area (Å²) in [6.45, 7) is 7.31. The van der Waals surface area contributed by atoms with Crippen LogP contribution in [0.4, 0.5) is 0 Å². The van der Waals surface area contributed by atoms with E-state index >= 15 is 0 Å². The second kappa shape index (κ2) is 16.1. The summed E-state index contributed by atoms with van der Waals surface area (Å²) in [4.78, 5) is 0. The lowest BCUT2D eigenvalue weighted by Crippen LogP contribution is -1.87. The van der Waals surface area contributed by atoms with Crippen molar-refractivity contribution >= 4 is 0 Å². The summed E-state index contributed by atoms with van der Waals surface area (Å²) in [5, 5.41) is 9.65. The van der Waals surface area contributed by atoms with Gasteiger partial charge in [0.15, 0.2) is 0 Å². The number of aromatic hydroxyl groups is 1. The normalized spacial score (nSPS) is 16.8. The monoisotopic (exact) mass is 364 g/mol. The average molecular weight is 365 g/mol. The molecule has 0 spiro atoms. The van der Waals surface area contributed by atoms with E-state index in [1.165, 1.54) is 64.2 Å². The second-order valence-corrected chi connectivity index (χ2v) is 7.32. The molecule has 2 heterocycles. The summed E-state index contributed by atoms with van der Waals surface area (Å²) in [7, 11) is 0. The van der Waals surface area contributed by atoms with E-state index in [4.69, 9.17) is 4.74 Å². The van der Waals surface area contributed by atoms with Gasteiger partial charge in [0.2, 0.25) is 0 Å². The zero-order valence-electron chi connectivity index (χ0n) is 17.0. The first-order chi connectivity index (χ1) is 12.7. The number of rotatable bonds is 11. The number of epoxide rings is 2. The Balaban J connectivity index is 0.000000393. The highest BCUT2D eigenvalue weighted by atomic mass is 16.6. The second-order valence-electron chi connectivity index (χ2n) is 7.32. The molecular formula is C23H40O3. The standard InChI is InChI=1S/C18H30O.C3H6O.C2H4O/c1-2-3-4-5-6-7-8-9-10-11-14-17-15-12-13-16-18(17)19;1-3-2-4-3;1-2-3-1/h12-13,15-16,19H,2-11,14H2,1H3;3H,2H2,1H3;1-2H2. The van der Waals surface area contributed by atoms with E-state index in [1.807, 2.05) is 18.2 Å². The number of hydrogen-bond acceptors (Lipinski definition) is 3. The fourth-order valence-electron chi connectivity index (χ4n) is 2.62. The third-order valence-corrected chi connectivity index (χ3v) is 4.50. The van der Waals surface area contributed by atoms with E-state index in [-0.39, 0.29) is 0 Å². The highest BCUT2D eigenvalue weighted by Crippen LogP contribution is 2.19. The molecule has 1 unspecified atom stereocenters. The summed E-state index contributed by atoms with van der Waals surface area (Å²) in [5.74, 6) is 0.457. The smallest absolute Gasteiger partial charge is 0.118 e. The minimum absolute atomic E-state index is 0.457. The number of aryl methyl sites for hydroxylation is 1. The zero-order chi connectivity index (χ0) is 18.9. The summed E-state index contributed by atoms with van der Waals surface area (Å²) in [5.41, 5.74) is 1.10. The Hall–Kier alpha value is -1.06. The van der Waals surface area contributed by atoms with Gasteiger partial charge in [-0.3, -0.25) is 0 Å². The van der Waals surface area contributed by atoms with Gasteiger partial charge in [0.25, 0.3) is 0 Å². The molecule has 2 fully saturated rings. The van der Waals surface area contributed by atoms with Gasteiger partial charge in [-0.2, -0.15) is 0 Å². The van der Waals surface area contributed by atoms with Gasteiger partial charge in [-0.25, -0.2) is 0 Å². The predicted molar refractivity (Wildman–Crippen MR) is 110 cm³/mol. The van der Waals surface area contributed by atoms with Gasteiger partial charge in [-0.1, -0.05) is 82.9 Å². The average Bonchev–Trinajstić information content (AvgIpc) is 3.54. The first-order valence-corrected chi connectivity index (χ1v) is 10.7. The Bertz CT molecular complexity index is 424. The van der Waals surface area contributed by atoms with Crippen LogP contribution in [0.5, 0.6) is 5.75 Å². The topological polar surface area (TPSA) is 45.3 Å². The molecule has 150 valence electrons. The van der Waals surface area contributed by atoms with Crippen LogP contribution >= 0.6 is 0 Å². The predicted octanol–water partition coefficient (Wildman–Crippen LogP) is 6.28. The number of ether oxygens (including phenoxy) is 2. The van der Waals surface area contributed by atoms with Gasteiger partial charge in [0.1, 0.15) is 5.75 Å². The van der Waals surface area contributed by atoms with E-state index in [1.54, 1.807) is 6.07 Å². The van der Waals surface area contributed by atoms with E-state index in [0.29, 0.717) is 11.9 Å². The minimum atomic E-state index is 0.457. The fourth-order valence-corrected chi connectivity index (χ4v) is 2.62. The highest BCUT2D eigenvalue weighted by Gasteiger charge is 2.13. The molecule has 0 radical (unpaired) electrons. The quantitative estimate of drug-likeness (QED) is 0.371. The van der Waals surface area contributed by atoms with Gasteiger partial charge in [0, 0.05) is 0 Å². The molecule has 0 bridgehead atoms. The maximum Gasteiger partial charge on any atom is 0.118 e. The fraction of sp³-hybridized carbons (Fsp3) is 0.739. The van der Waals surface area contributed by atoms with E-state index in [0.717, 1.165) is 31.8 Å². The Labute approximate surface area is 161 Å². The lowest BCUT2D eigenvalue weighted by atomic mass is 10.0. The van der Waals surface area contributed by atoms with Crippen molar-refractivity contribution in [1.29, 1.82) is 0 Å². The molecule has 0 aromatic heterocycles. The van der Waals surface area contributed by atoms with E-state index in [9.17, 15) is 5.11 Å².